The summed E-state index contributed by atoms with van der Waals surface area (Å²) in [6.07, 6.45) is 7.44. The molecule has 0 heterocycles. The minimum Gasteiger partial charge on any atom is -0.374 e. The lowest BCUT2D eigenvalue weighted by atomic mass is 9.93. The predicted octanol–water partition coefficient (Wildman–Crippen LogP) is 5.47. The van der Waals surface area contributed by atoms with Gasteiger partial charge in [0.1, 0.15) is 5.60 Å². The first kappa shape index (κ1) is 18.5. The Morgan fingerprint density at radius 3 is 2.55 bits per heavy atom. The second kappa shape index (κ2) is 8.81. The minimum absolute atomic E-state index is 0.587. The summed E-state index contributed by atoms with van der Waals surface area (Å²) in [5, 5.41) is 10.5. The van der Waals surface area contributed by atoms with Crippen LogP contribution in [0.1, 0.15) is 76.0 Å². The molecule has 2 unspecified atom stereocenters. The molecule has 1 heteroatoms. The highest BCUT2D eigenvalue weighted by Crippen LogP contribution is 2.23. The summed E-state index contributed by atoms with van der Waals surface area (Å²) in [5.74, 6) is 6.64. The molecule has 0 fully saturated rings. The summed E-state index contributed by atoms with van der Waals surface area (Å²) in [7, 11) is 0. The van der Waals surface area contributed by atoms with Crippen molar-refractivity contribution in [2.75, 3.05) is 0 Å². The van der Waals surface area contributed by atoms with E-state index in [1.54, 1.807) is 0 Å². The van der Waals surface area contributed by atoms with Crippen molar-refractivity contribution in [3.63, 3.8) is 0 Å². The van der Waals surface area contributed by atoms with Crippen LogP contribution in [0.3, 0.4) is 0 Å². The number of hydrogen-bond acceptors (Lipinski definition) is 1. The molecule has 120 valence electrons. The number of unbranched alkanes of at least 4 members (excludes halogenated alkanes) is 1. The summed E-state index contributed by atoms with van der Waals surface area (Å²) in [6, 6.07) is 6.58. The normalized spacial score (nSPS) is 15.2. The first-order valence-corrected chi connectivity index (χ1v) is 8.48. The molecule has 0 bridgehead atoms. The van der Waals surface area contributed by atoms with E-state index in [9.17, 15) is 5.11 Å². The molecule has 0 aliphatic rings. The zero-order valence-corrected chi connectivity index (χ0v) is 14.7. The van der Waals surface area contributed by atoms with Crippen molar-refractivity contribution < 1.29 is 5.11 Å². The van der Waals surface area contributed by atoms with Crippen molar-refractivity contribution in [1.82, 2.24) is 0 Å². The van der Waals surface area contributed by atoms with Crippen molar-refractivity contribution in [3.8, 4) is 11.8 Å². The van der Waals surface area contributed by atoms with Gasteiger partial charge in [-0.25, -0.2) is 0 Å². The van der Waals surface area contributed by atoms with Gasteiger partial charge in [-0.2, -0.15) is 0 Å². The van der Waals surface area contributed by atoms with Crippen LogP contribution < -0.4 is 0 Å². The molecule has 1 rings (SSSR count). The number of hydrogen-bond donors (Lipinski definition) is 1. The quantitative estimate of drug-likeness (QED) is 0.691. The third kappa shape index (κ3) is 5.35. The topological polar surface area (TPSA) is 20.2 Å². The fourth-order valence-electron chi connectivity index (χ4n) is 2.24. The zero-order chi connectivity index (χ0) is 16.6. The molecule has 0 aromatic heterocycles. The Balaban J connectivity index is 2.95. The fraction of sp³-hybridized carbons (Fsp3) is 0.524. The second-order valence-corrected chi connectivity index (χ2v) is 6.09. The van der Waals surface area contributed by atoms with Gasteiger partial charge in [-0.15, -0.1) is 0 Å². The lowest BCUT2D eigenvalue weighted by Gasteiger charge is -2.16. The average Bonchev–Trinajstić information content (AvgIpc) is 2.53. The van der Waals surface area contributed by atoms with Crippen molar-refractivity contribution >= 4 is 6.08 Å². The van der Waals surface area contributed by atoms with Crippen LogP contribution in [0.4, 0.5) is 0 Å². The molecule has 1 aromatic carbocycles. The summed E-state index contributed by atoms with van der Waals surface area (Å²) < 4.78 is 0. The van der Waals surface area contributed by atoms with E-state index in [1.807, 2.05) is 19.1 Å². The molecule has 0 spiro atoms. The van der Waals surface area contributed by atoms with Gasteiger partial charge >= 0.3 is 0 Å². The Bertz CT molecular complexity index is 559. The average molecular weight is 298 g/mol. The number of benzene rings is 1. The van der Waals surface area contributed by atoms with E-state index in [0.29, 0.717) is 12.3 Å². The largest absolute Gasteiger partial charge is 0.374 e. The molecule has 1 N–H and O–H groups in total. The Morgan fingerprint density at radius 2 is 2.00 bits per heavy atom. The lowest BCUT2D eigenvalue weighted by Crippen LogP contribution is -2.21. The first-order chi connectivity index (χ1) is 10.5. The van der Waals surface area contributed by atoms with E-state index in [1.165, 1.54) is 11.1 Å². The van der Waals surface area contributed by atoms with Gasteiger partial charge in [-0.3, -0.25) is 0 Å². The molecule has 0 aliphatic carbocycles. The second-order valence-electron chi connectivity index (χ2n) is 6.09. The predicted molar refractivity (Wildman–Crippen MR) is 96.8 cm³/mol. The van der Waals surface area contributed by atoms with Crippen LogP contribution in [-0.4, -0.2) is 10.7 Å². The van der Waals surface area contributed by atoms with Gasteiger partial charge in [0.15, 0.2) is 0 Å². The molecule has 0 aliphatic heterocycles. The van der Waals surface area contributed by atoms with Gasteiger partial charge in [-0.05, 0) is 54.9 Å². The summed E-state index contributed by atoms with van der Waals surface area (Å²) in [5.41, 5.74) is 2.76. The van der Waals surface area contributed by atoms with Crippen LogP contribution in [0.25, 0.3) is 6.08 Å². The molecule has 0 saturated heterocycles. The SMILES string of the molecule is CCCC#CC(O)(/C=C/c1ccc(C(C)CC)cc1C)CC. The smallest absolute Gasteiger partial charge is 0.144 e. The first-order valence-electron chi connectivity index (χ1n) is 8.48. The van der Waals surface area contributed by atoms with E-state index >= 15 is 0 Å². The van der Waals surface area contributed by atoms with Gasteiger partial charge in [0, 0.05) is 6.42 Å². The van der Waals surface area contributed by atoms with E-state index < -0.39 is 5.60 Å². The highest BCUT2D eigenvalue weighted by molar-refractivity contribution is 5.56. The molecule has 22 heavy (non-hydrogen) atoms. The zero-order valence-electron chi connectivity index (χ0n) is 14.7. The van der Waals surface area contributed by atoms with Gasteiger partial charge in [0.25, 0.3) is 0 Å². The Morgan fingerprint density at radius 1 is 1.27 bits per heavy atom. The van der Waals surface area contributed by atoms with Gasteiger partial charge in [0.05, 0.1) is 0 Å². The van der Waals surface area contributed by atoms with Crippen LogP contribution in [0.5, 0.6) is 0 Å². The monoisotopic (exact) mass is 298 g/mol. The maximum absolute atomic E-state index is 10.5. The minimum atomic E-state index is -1.02. The van der Waals surface area contributed by atoms with Crippen LogP contribution in [-0.2, 0) is 0 Å². The molecule has 2 atom stereocenters. The molecule has 0 amide bonds. The molecular weight excluding hydrogens is 268 g/mol. The molecule has 0 saturated carbocycles. The van der Waals surface area contributed by atoms with Crippen LogP contribution >= 0.6 is 0 Å². The number of aryl methyl sites for hydroxylation is 1. The van der Waals surface area contributed by atoms with Gasteiger partial charge in [0.2, 0.25) is 0 Å². The Hall–Kier alpha value is -1.52. The third-order valence-electron chi connectivity index (χ3n) is 4.23. The van der Waals surface area contributed by atoms with Crippen molar-refractivity contribution in [1.29, 1.82) is 0 Å². The maximum Gasteiger partial charge on any atom is 0.144 e. The van der Waals surface area contributed by atoms with Crippen molar-refractivity contribution in [2.24, 2.45) is 0 Å². The summed E-state index contributed by atoms with van der Waals surface area (Å²) >= 11 is 0. The van der Waals surface area contributed by atoms with E-state index in [0.717, 1.165) is 24.8 Å². The van der Waals surface area contributed by atoms with E-state index in [2.05, 4.69) is 57.7 Å². The Kier molecular flexibility index (Phi) is 7.42. The summed E-state index contributed by atoms with van der Waals surface area (Å²) in [4.78, 5) is 0. The maximum atomic E-state index is 10.5. The van der Waals surface area contributed by atoms with Crippen LogP contribution in [0, 0.1) is 18.8 Å². The van der Waals surface area contributed by atoms with Crippen LogP contribution in [0.15, 0.2) is 24.3 Å². The van der Waals surface area contributed by atoms with E-state index in [-0.39, 0.29) is 0 Å². The molecule has 1 nitrogen and oxygen atoms in total. The number of rotatable bonds is 6. The highest BCUT2D eigenvalue weighted by atomic mass is 16.3. The van der Waals surface area contributed by atoms with Gasteiger partial charge in [-0.1, -0.05) is 63.8 Å². The fourth-order valence-corrected chi connectivity index (χ4v) is 2.24. The molecular formula is C21H30O. The Labute approximate surface area is 136 Å². The van der Waals surface area contributed by atoms with Crippen LogP contribution in [0.2, 0.25) is 0 Å². The molecule has 0 radical (unpaired) electrons. The van der Waals surface area contributed by atoms with Crippen molar-refractivity contribution in [3.05, 3.63) is 41.0 Å². The molecule has 1 aromatic rings. The summed E-state index contributed by atoms with van der Waals surface area (Å²) in [6.45, 7) is 10.6. The van der Waals surface area contributed by atoms with Crippen molar-refractivity contribution in [2.45, 2.75) is 71.8 Å². The third-order valence-corrected chi connectivity index (χ3v) is 4.23. The van der Waals surface area contributed by atoms with Gasteiger partial charge < -0.3 is 5.11 Å². The standard InChI is InChI=1S/C21H30O/c1-6-9-10-14-21(22,8-3)15-13-19-11-12-20(16-18(19)5)17(4)7-2/h11-13,15-17,22H,6-9H2,1-5H3/b15-13+. The highest BCUT2D eigenvalue weighted by Gasteiger charge is 2.17. The number of aliphatic hydroxyl groups is 1. The lowest BCUT2D eigenvalue weighted by molar-refractivity contribution is 0.149. The van der Waals surface area contributed by atoms with E-state index in [4.69, 9.17) is 0 Å².